The normalized spacial score (nSPS) is 14.9. The van der Waals surface area contributed by atoms with Crippen LogP contribution in [0.3, 0.4) is 0 Å². The Labute approximate surface area is 133 Å². The molecule has 0 spiro atoms. The SMILES string of the molecule is C/C(=C/C(=O)O[Si](C)(C)C(C)(C)C)O[Si](C)(C)C(C)(C)C. The number of rotatable bonds is 4. The molecule has 0 bridgehead atoms. The van der Waals surface area contributed by atoms with Gasteiger partial charge in [-0.05, 0) is 43.2 Å². The molecule has 0 atom stereocenters. The molecule has 0 fully saturated rings. The largest absolute Gasteiger partial charge is 0.546 e. The van der Waals surface area contributed by atoms with Gasteiger partial charge >= 0.3 is 5.97 Å². The summed E-state index contributed by atoms with van der Waals surface area (Å²) in [6.07, 6.45) is 1.50. The summed E-state index contributed by atoms with van der Waals surface area (Å²) in [6, 6.07) is 0. The number of carbonyl (C=O) groups is 1. The van der Waals surface area contributed by atoms with E-state index in [2.05, 4.69) is 67.7 Å². The Morgan fingerprint density at radius 3 is 1.48 bits per heavy atom. The van der Waals surface area contributed by atoms with Crippen LogP contribution in [0.25, 0.3) is 0 Å². The highest BCUT2D eigenvalue weighted by Crippen LogP contribution is 2.38. The van der Waals surface area contributed by atoms with Crippen LogP contribution in [-0.4, -0.2) is 22.6 Å². The first-order chi connectivity index (χ1) is 8.99. The fourth-order valence-corrected chi connectivity index (χ4v) is 3.22. The summed E-state index contributed by atoms with van der Waals surface area (Å²) in [5, 5.41) is 0.135. The van der Waals surface area contributed by atoms with Gasteiger partial charge in [0.1, 0.15) is 0 Å². The lowest BCUT2D eigenvalue weighted by atomic mass is 10.2. The van der Waals surface area contributed by atoms with Gasteiger partial charge in [0, 0.05) is 0 Å². The third-order valence-electron chi connectivity index (χ3n) is 4.71. The number of hydrogen-bond acceptors (Lipinski definition) is 3. The zero-order chi connectivity index (χ0) is 17.3. The summed E-state index contributed by atoms with van der Waals surface area (Å²) in [5.41, 5.74) is 0. The molecule has 0 radical (unpaired) electrons. The van der Waals surface area contributed by atoms with Crippen LogP contribution in [-0.2, 0) is 13.6 Å². The van der Waals surface area contributed by atoms with Gasteiger partial charge in [-0.1, -0.05) is 41.5 Å². The molecule has 0 aliphatic heterocycles. The molecule has 5 heteroatoms. The first-order valence-corrected chi connectivity index (χ1v) is 13.4. The Morgan fingerprint density at radius 1 is 0.810 bits per heavy atom. The van der Waals surface area contributed by atoms with Crippen molar-refractivity contribution in [3.8, 4) is 0 Å². The Hall–Kier alpha value is -0.556. The van der Waals surface area contributed by atoms with Gasteiger partial charge in [-0.15, -0.1) is 0 Å². The summed E-state index contributed by atoms with van der Waals surface area (Å²) in [5.74, 6) is 0.378. The van der Waals surface area contributed by atoms with Gasteiger partial charge in [-0.25, -0.2) is 4.79 Å². The van der Waals surface area contributed by atoms with Crippen molar-refractivity contribution in [3.05, 3.63) is 11.8 Å². The van der Waals surface area contributed by atoms with Crippen molar-refractivity contribution in [2.75, 3.05) is 0 Å². The third-order valence-corrected chi connectivity index (χ3v) is 13.5. The highest BCUT2D eigenvalue weighted by atomic mass is 28.4. The smallest absolute Gasteiger partial charge is 0.320 e. The summed E-state index contributed by atoms with van der Waals surface area (Å²) in [7, 11) is -3.96. The van der Waals surface area contributed by atoms with E-state index in [1.54, 1.807) is 0 Å². The van der Waals surface area contributed by atoms with Gasteiger partial charge in [0.15, 0.2) is 0 Å². The van der Waals surface area contributed by atoms with E-state index in [0.29, 0.717) is 5.76 Å². The van der Waals surface area contributed by atoms with Crippen LogP contribution >= 0.6 is 0 Å². The molecule has 3 nitrogen and oxygen atoms in total. The highest BCUT2D eigenvalue weighted by molar-refractivity contribution is 6.75. The fraction of sp³-hybridized carbons (Fsp3) is 0.812. The Morgan fingerprint density at radius 2 is 1.14 bits per heavy atom. The lowest BCUT2D eigenvalue weighted by molar-refractivity contribution is -0.130. The van der Waals surface area contributed by atoms with Crippen molar-refractivity contribution in [1.82, 2.24) is 0 Å². The second-order valence-corrected chi connectivity index (χ2v) is 18.2. The third kappa shape index (κ3) is 5.98. The minimum absolute atomic E-state index is 0.0185. The Bertz CT molecular complexity index is 410. The predicted molar refractivity (Wildman–Crippen MR) is 95.3 cm³/mol. The number of carbonyl (C=O) groups excluding carboxylic acids is 1. The van der Waals surface area contributed by atoms with Gasteiger partial charge in [0.25, 0.3) is 8.32 Å². The average Bonchev–Trinajstić information content (AvgIpc) is 2.10. The molecule has 0 rings (SSSR count). The Balaban J connectivity index is 4.92. The predicted octanol–water partition coefficient (Wildman–Crippen LogP) is 5.46. The molecule has 0 aliphatic rings. The standard InChI is InChI=1S/C16H34O3Si2/c1-13(18-20(8,9)15(2,3)4)12-14(17)19-21(10,11)16(5,6)7/h12H,1-11H3/b13-12-. The van der Waals surface area contributed by atoms with E-state index in [0.717, 1.165) is 0 Å². The molecule has 21 heavy (non-hydrogen) atoms. The molecular formula is C16H34O3Si2. The zero-order valence-corrected chi connectivity index (χ0v) is 17.8. The minimum atomic E-state index is -2.07. The van der Waals surface area contributed by atoms with E-state index < -0.39 is 16.6 Å². The van der Waals surface area contributed by atoms with E-state index >= 15 is 0 Å². The van der Waals surface area contributed by atoms with Crippen molar-refractivity contribution in [2.24, 2.45) is 0 Å². The fourth-order valence-electron chi connectivity index (χ4n) is 1.19. The van der Waals surface area contributed by atoms with Crippen molar-refractivity contribution in [1.29, 1.82) is 0 Å². The lowest BCUT2D eigenvalue weighted by Crippen LogP contribution is -2.42. The van der Waals surface area contributed by atoms with E-state index in [9.17, 15) is 4.79 Å². The first-order valence-electron chi connectivity index (χ1n) is 7.60. The van der Waals surface area contributed by atoms with Crippen LogP contribution in [0.15, 0.2) is 11.8 Å². The van der Waals surface area contributed by atoms with Crippen molar-refractivity contribution in [2.45, 2.75) is 84.7 Å². The van der Waals surface area contributed by atoms with Crippen LogP contribution < -0.4 is 0 Å². The van der Waals surface area contributed by atoms with E-state index in [-0.39, 0.29) is 16.0 Å². The molecule has 0 saturated heterocycles. The van der Waals surface area contributed by atoms with Crippen LogP contribution in [0.2, 0.25) is 36.3 Å². The highest BCUT2D eigenvalue weighted by Gasteiger charge is 2.41. The molecule has 0 heterocycles. The topological polar surface area (TPSA) is 35.5 Å². The quantitative estimate of drug-likeness (QED) is 0.390. The minimum Gasteiger partial charge on any atom is -0.546 e. The molecule has 0 unspecified atom stereocenters. The van der Waals surface area contributed by atoms with Gasteiger partial charge < -0.3 is 8.85 Å². The van der Waals surface area contributed by atoms with Gasteiger partial charge in [0.05, 0.1) is 11.8 Å². The van der Waals surface area contributed by atoms with E-state index in [1.807, 2.05) is 6.92 Å². The maximum Gasteiger partial charge on any atom is 0.320 e. The van der Waals surface area contributed by atoms with Crippen LogP contribution in [0.1, 0.15) is 48.5 Å². The van der Waals surface area contributed by atoms with Crippen LogP contribution in [0.5, 0.6) is 0 Å². The maximum absolute atomic E-state index is 12.1. The zero-order valence-electron chi connectivity index (χ0n) is 15.8. The molecule has 0 aromatic carbocycles. The van der Waals surface area contributed by atoms with Gasteiger partial charge in [-0.3, -0.25) is 0 Å². The number of hydrogen-bond donors (Lipinski definition) is 0. The molecule has 0 aromatic heterocycles. The summed E-state index contributed by atoms with van der Waals surface area (Å²) >= 11 is 0. The van der Waals surface area contributed by atoms with E-state index in [4.69, 9.17) is 8.85 Å². The van der Waals surface area contributed by atoms with Crippen molar-refractivity contribution >= 4 is 22.6 Å². The van der Waals surface area contributed by atoms with Crippen LogP contribution in [0.4, 0.5) is 0 Å². The Kier molecular flexibility index (Phi) is 6.12. The van der Waals surface area contributed by atoms with Crippen molar-refractivity contribution < 1.29 is 13.6 Å². The first kappa shape index (κ1) is 20.4. The number of allylic oxidation sites excluding steroid dienone is 1. The summed E-state index contributed by atoms with van der Waals surface area (Å²) in [4.78, 5) is 12.1. The summed E-state index contributed by atoms with van der Waals surface area (Å²) < 4.78 is 11.8. The molecule has 0 N–H and O–H groups in total. The average molecular weight is 331 g/mol. The molecular weight excluding hydrogens is 296 g/mol. The van der Waals surface area contributed by atoms with Gasteiger partial charge in [0.2, 0.25) is 8.32 Å². The second kappa shape index (κ2) is 6.28. The second-order valence-electron chi connectivity index (χ2n) is 8.80. The lowest BCUT2D eigenvalue weighted by Gasteiger charge is -2.37. The monoisotopic (exact) mass is 330 g/mol. The maximum atomic E-state index is 12.1. The molecule has 0 saturated carbocycles. The molecule has 124 valence electrons. The van der Waals surface area contributed by atoms with Gasteiger partial charge in [-0.2, -0.15) is 0 Å². The summed E-state index contributed by atoms with van der Waals surface area (Å²) in [6.45, 7) is 23.2. The molecule has 0 amide bonds. The van der Waals surface area contributed by atoms with E-state index in [1.165, 1.54) is 6.08 Å². The molecule has 0 aromatic rings. The van der Waals surface area contributed by atoms with Crippen molar-refractivity contribution in [3.63, 3.8) is 0 Å². The molecule has 0 aliphatic carbocycles. The van der Waals surface area contributed by atoms with Crippen LogP contribution in [0, 0.1) is 0 Å².